The summed E-state index contributed by atoms with van der Waals surface area (Å²) in [6.07, 6.45) is 0. The van der Waals surface area contributed by atoms with Gasteiger partial charge >= 0.3 is 11.9 Å². The Bertz CT molecular complexity index is 803. The summed E-state index contributed by atoms with van der Waals surface area (Å²) in [6, 6.07) is 10.3. The highest BCUT2D eigenvalue weighted by atomic mass is 16.6. The summed E-state index contributed by atoms with van der Waals surface area (Å²) in [6.45, 7) is 6.98. The van der Waals surface area contributed by atoms with E-state index in [0.29, 0.717) is 11.3 Å². The van der Waals surface area contributed by atoms with Gasteiger partial charge in [-0.3, -0.25) is 0 Å². The van der Waals surface area contributed by atoms with Crippen LogP contribution in [0.1, 0.15) is 47.1 Å². The van der Waals surface area contributed by atoms with Crippen molar-refractivity contribution >= 4 is 17.6 Å². The Kier molecular flexibility index (Phi) is 4.64. The van der Waals surface area contributed by atoms with Crippen LogP contribution in [0.2, 0.25) is 0 Å². The number of carboxylic acids is 1. The molecule has 0 unspecified atom stereocenters. The van der Waals surface area contributed by atoms with Crippen molar-refractivity contribution in [3.8, 4) is 11.1 Å². The Morgan fingerprint density at radius 3 is 2.21 bits per heavy atom. The minimum atomic E-state index is -1.17. The zero-order valence-electron chi connectivity index (χ0n) is 14.2. The number of benzene rings is 2. The Morgan fingerprint density at radius 2 is 1.67 bits per heavy atom. The van der Waals surface area contributed by atoms with Gasteiger partial charge in [0.2, 0.25) is 0 Å². The lowest BCUT2D eigenvalue weighted by molar-refractivity contribution is 0.00659. The summed E-state index contributed by atoms with van der Waals surface area (Å²) in [5.41, 5.74) is 7.96. The van der Waals surface area contributed by atoms with Crippen LogP contribution in [0.25, 0.3) is 11.1 Å². The Morgan fingerprint density at radius 1 is 1.04 bits per heavy atom. The minimum absolute atomic E-state index is 0.0151. The lowest BCUT2D eigenvalue weighted by Gasteiger charge is -2.21. The normalized spacial score (nSPS) is 11.2. The average molecular weight is 327 g/mol. The van der Waals surface area contributed by atoms with Crippen LogP contribution in [0, 0.1) is 6.92 Å². The molecule has 2 rings (SSSR count). The van der Waals surface area contributed by atoms with Gasteiger partial charge in [0.25, 0.3) is 0 Å². The number of aromatic carboxylic acids is 1. The van der Waals surface area contributed by atoms with Gasteiger partial charge in [-0.25, -0.2) is 9.59 Å². The van der Waals surface area contributed by atoms with E-state index >= 15 is 0 Å². The number of carbonyl (C=O) groups excluding carboxylic acids is 1. The van der Waals surface area contributed by atoms with E-state index in [0.717, 1.165) is 11.1 Å². The SMILES string of the molecule is Cc1cc(C(=O)O)c(C(=O)OC(C)(C)C)cc1-c1ccccc1N. The Labute approximate surface area is 141 Å². The van der Waals surface area contributed by atoms with E-state index < -0.39 is 17.5 Å². The molecule has 0 amide bonds. The van der Waals surface area contributed by atoms with Gasteiger partial charge in [-0.05, 0) is 57.0 Å². The minimum Gasteiger partial charge on any atom is -0.478 e. The van der Waals surface area contributed by atoms with Crippen LogP contribution in [0.15, 0.2) is 36.4 Å². The van der Waals surface area contributed by atoms with Crippen molar-refractivity contribution in [3.05, 3.63) is 53.1 Å². The molecule has 0 saturated heterocycles. The Hall–Kier alpha value is -2.82. The predicted molar refractivity (Wildman–Crippen MR) is 93.2 cm³/mol. The highest BCUT2D eigenvalue weighted by Crippen LogP contribution is 2.31. The van der Waals surface area contributed by atoms with Crippen LogP contribution < -0.4 is 5.73 Å². The number of esters is 1. The van der Waals surface area contributed by atoms with Crippen molar-refractivity contribution in [2.75, 3.05) is 5.73 Å². The van der Waals surface area contributed by atoms with Crippen molar-refractivity contribution < 1.29 is 19.4 Å². The van der Waals surface area contributed by atoms with Crippen LogP contribution in [0.4, 0.5) is 5.69 Å². The number of aryl methyl sites for hydroxylation is 1. The summed E-state index contributed by atoms with van der Waals surface area (Å²) in [7, 11) is 0. The first-order valence-corrected chi connectivity index (χ1v) is 7.56. The van der Waals surface area contributed by atoms with Gasteiger partial charge in [0.1, 0.15) is 5.60 Å². The zero-order valence-corrected chi connectivity index (χ0v) is 14.2. The van der Waals surface area contributed by atoms with E-state index in [4.69, 9.17) is 10.5 Å². The molecule has 2 aromatic carbocycles. The lowest BCUT2D eigenvalue weighted by atomic mass is 9.93. The van der Waals surface area contributed by atoms with Crippen molar-refractivity contribution in [2.24, 2.45) is 0 Å². The summed E-state index contributed by atoms with van der Waals surface area (Å²) in [5, 5.41) is 9.42. The first-order chi connectivity index (χ1) is 11.1. The molecule has 2 aromatic rings. The van der Waals surface area contributed by atoms with Gasteiger partial charge in [-0.1, -0.05) is 18.2 Å². The van der Waals surface area contributed by atoms with E-state index in [1.807, 2.05) is 18.2 Å². The molecule has 0 bridgehead atoms. The molecule has 0 aliphatic rings. The second kappa shape index (κ2) is 6.35. The Balaban J connectivity index is 2.65. The zero-order chi connectivity index (χ0) is 18.1. The molecule has 3 N–H and O–H groups in total. The van der Waals surface area contributed by atoms with Crippen molar-refractivity contribution in [3.63, 3.8) is 0 Å². The third-order valence-corrected chi connectivity index (χ3v) is 3.46. The number of hydrogen-bond donors (Lipinski definition) is 2. The third kappa shape index (κ3) is 3.74. The maximum Gasteiger partial charge on any atom is 0.339 e. The average Bonchev–Trinajstić information content (AvgIpc) is 2.46. The fourth-order valence-electron chi connectivity index (χ4n) is 2.42. The molecule has 0 heterocycles. The topological polar surface area (TPSA) is 89.6 Å². The fourth-order valence-corrected chi connectivity index (χ4v) is 2.42. The number of carboxylic acid groups (broad SMARTS) is 1. The van der Waals surface area contributed by atoms with Gasteiger partial charge in [-0.2, -0.15) is 0 Å². The molecule has 0 aromatic heterocycles. The summed E-state index contributed by atoms with van der Waals surface area (Å²) >= 11 is 0. The maximum atomic E-state index is 12.4. The quantitative estimate of drug-likeness (QED) is 0.659. The smallest absolute Gasteiger partial charge is 0.339 e. The van der Waals surface area contributed by atoms with Crippen LogP contribution in [-0.2, 0) is 4.74 Å². The second-order valence-electron chi connectivity index (χ2n) is 6.61. The van der Waals surface area contributed by atoms with E-state index in [1.54, 1.807) is 39.8 Å². The number of hydrogen-bond acceptors (Lipinski definition) is 4. The van der Waals surface area contributed by atoms with E-state index in [-0.39, 0.29) is 11.1 Å². The third-order valence-electron chi connectivity index (χ3n) is 3.46. The van der Waals surface area contributed by atoms with Crippen molar-refractivity contribution in [2.45, 2.75) is 33.3 Å². The highest BCUT2D eigenvalue weighted by molar-refractivity contribution is 6.04. The maximum absolute atomic E-state index is 12.4. The number of nitrogen functional groups attached to an aromatic ring is 1. The van der Waals surface area contributed by atoms with Gasteiger partial charge in [0.15, 0.2) is 0 Å². The molecule has 0 fully saturated rings. The van der Waals surface area contributed by atoms with E-state index in [9.17, 15) is 14.7 Å². The van der Waals surface area contributed by atoms with Crippen LogP contribution in [0.5, 0.6) is 0 Å². The highest BCUT2D eigenvalue weighted by Gasteiger charge is 2.24. The molecule has 5 heteroatoms. The molecule has 126 valence electrons. The van der Waals surface area contributed by atoms with Crippen molar-refractivity contribution in [1.29, 1.82) is 0 Å². The van der Waals surface area contributed by atoms with Crippen LogP contribution >= 0.6 is 0 Å². The van der Waals surface area contributed by atoms with Crippen molar-refractivity contribution in [1.82, 2.24) is 0 Å². The number of rotatable bonds is 3. The molecule has 5 nitrogen and oxygen atoms in total. The van der Waals surface area contributed by atoms with Crippen LogP contribution in [0.3, 0.4) is 0 Å². The van der Waals surface area contributed by atoms with Gasteiger partial charge in [0, 0.05) is 11.3 Å². The molecule has 0 aliphatic heterocycles. The summed E-state index contributed by atoms with van der Waals surface area (Å²) in [5.74, 6) is -1.85. The number of ether oxygens (including phenoxy) is 1. The fraction of sp³-hybridized carbons (Fsp3) is 0.263. The molecular formula is C19H21NO4. The molecule has 0 saturated carbocycles. The molecule has 0 radical (unpaired) electrons. The van der Waals surface area contributed by atoms with Gasteiger partial charge in [-0.15, -0.1) is 0 Å². The summed E-state index contributed by atoms with van der Waals surface area (Å²) in [4.78, 5) is 24.0. The largest absolute Gasteiger partial charge is 0.478 e. The predicted octanol–water partition coefficient (Wildman–Crippen LogP) is 3.90. The number of para-hydroxylation sites is 1. The summed E-state index contributed by atoms with van der Waals surface area (Å²) < 4.78 is 5.34. The number of anilines is 1. The first-order valence-electron chi connectivity index (χ1n) is 7.56. The first kappa shape index (κ1) is 17.5. The van der Waals surface area contributed by atoms with Gasteiger partial charge in [0.05, 0.1) is 11.1 Å². The monoisotopic (exact) mass is 327 g/mol. The van der Waals surface area contributed by atoms with E-state index in [1.165, 1.54) is 6.07 Å². The second-order valence-corrected chi connectivity index (χ2v) is 6.61. The molecule has 0 spiro atoms. The van der Waals surface area contributed by atoms with Gasteiger partial charge < -0.3 is 15.6 Å². The molecular weight excluding hydrogens is 306 g/mol. The standard InChI is InChI=1S/C19H21NO4/c1-11-9-14(17(21)22)15(18(23)24-19(2,3)4)10-13(11)12-7-5-6-8-16(12)20/h5-10H,20H2,1-4H3,(H,21,22). The number of nitrogens with two attached hydrogens (primary N) is 1. The van der Waals surface area contributed by atoms with E-state index in [2.05, 4.69) is 0 Å². The molecule has 24 heavy (non-hydrogen) atoms. The van der Waals surface area contributed by atoms with Crippen LogP contribution in [-0.4, -0.2) is 22.6 Å². The number of carbonyl (C=O) groups is 2. The molecule has 0 atom stereocenters. The molecule has 0 aliphatic carbocycles. The lowest BCUT2D eigenvalue weighted by Crippen LogP contribution is -2.25.